The number of hydrogen-bond donors (Lipinski definition) is 1. The van der Waals surface area contributed by atoms with Crippen LogP contribution in [0.1, 0.15) is 13.3 Å². The van der Waals surface area contributed by atoms with Gasteiger partial charge in [0.1, 0.15) is 4.90 Å². The first-order chi connectivity index (χ1) is 8.96. The lowest BCUT2D eigenvalue weighted by atomic mass is 10.2. The van der Waals surface area contributed by atoms with Crippen molar-refractivity contribution in [2.75, 3.05) is 25.5 Å². The molecule has 1 heterocycles. The molecule has 0 amide bonds. The smallest absolute Gasteiger partial charge is 0.245 e. The molecule has 1 unspecified atom stereocenters. The number of benzene rings is 1. The minimum Gasteiger partial charge on any atom is -0.399 e. The topological polar surface area (TPSA) is 72.6 Å². The monoisotopic (exact) mass is 304 g/mol. The second kappa shape index (κ2) is 5.66. The molecule has 2 rings (SSSR count). The van der Waals surface area contributed by atoms with Gasteiger partial charge in [0, 0.05) is 18.3 Å². The van der Waals surface area contributed by atoms with Crippen molar-refractivity contribution >= 4 is 27.3 Å². The second-order valence-corrected chi connectivity index (χ2v) is 6.71. The molecule has 0 spiro atoms. The van der Waals surface area contributed by atoms with Crippen LogP contribution in [-0.2, 0) is 14.8 Å². The fourth-order valence-electron chi connectivity index (χ4n) is 2.12. The Morgan fingerprint density at radius 2 is 2.26 bits per heavy atom. The van der Waals surface area contributed by atoms with Gasteiger partial charge in [-0.1, -0.05) is 18.5 Å². The van der Waals surface area contributed by atoms with E-state index < -0.39 is 10.0 Å². The largest absolute Gasteiger partial charge is 0.399 e. The third kappa shape index (κ3) is 2.86. The van der Waals surface area contributed by atoms with Crippen molar-refractivity contribution in [3.63, 3.8) is 0 Å². The highest BCUT2D eigenvalue weighted by molar-refractivity contribution is 7.89. The minimum absolute atomic E-state index is 0.0644. The molecule has 1 aromatic rings. The van der Waals surface area contributed by atoms with Gasteiger partial charge < -0.3 is 10.5 Å². The summed E-state index contributed by atoms with van der Waals surface area (Å²) >= 11 is 6.00. The third-order valence-corrected chi connectivity index (χ3v) is 5.62. The van der Waals surface area contributed by atoms with E-state index in [9.17, 15) is 8.42 Å². The maximum atomic E-state index is 12.7. The van der Waals surface area contributed by atoms with Gasteiger partial charge in [-0.2, -0.15) is 4.31 Å². The zero-order valence-corrected chi connectivity index (χ0v) is 12.2. The van der Waals surface area contributed by atoms with Crippen molar-refractivity contribution in [2.24, 2.45) is 0 Å². The summed E-state index contributed by atoms with van der Waals surface area (Å²) in [6.07, 6.45) is 0.694. The molecule has 1 fully saturated rings. The molecular formula is C12H17ClN2O3S. The molecule has 1 atom stereocenters. The van der Waals surface area contributed by atoms with E-state index in [0.717, 1.165) is 0 Å². The van der Waals surface area contributed by atoms with Crippen LogP contribution in [0.4, 0.5) is 5.69 Å². The third-order valence-electron chi connectivity index (χ3n) is 3.19. The van der Waals surface area contributed by atoms with Gasteiger partial charge in [0.15, 0.2) is 0 Å². The predicted molar refractivity (Wildman–Crippen MR) is 74.7 cm³/mol. The van der Waals surface area contributed by atoms with E-state index in [2.05, 4.69) is 0 Å². The van der Waals surface area contributed by atoms with E-state index in [1.807, 2.05) is 6.92 Å². The number of ether oxygens (including phenoxy) is 1. The molecule has 1 aliphatic rings. The SMILES string of the molecule is CCC1COCCN1S(=O)(=O)c1cc(N)ccc1Cl. The number of hydrogen-bond acceptors (Lipinski definition) is 4. The summed E-state index contributed by atoms with van der Waals surface area (Å²) in [6, 6.07) is 4.33. The van der Waals surface area contributed by atoms with Crippen LogP contribution in [0.3, 0.4) is 0 Å². The summed E-state index contributed by atoms with van der Waals surface area (Å²) in [6.45, 7) is 3.08. The number of sulfonamides is 1. The van der Waals surface area contributed by atoms with Crippen LogP contribution in [0.2, 0.25) is 5.02 Å². The molecule has 5 nitrogen and oxygen atoms in total. The van der Waals surface area contributed by atoms with Gasteiger partial charge in [-0.05, 0) is 24.6 Å². The van der Waals surface area contributed by atoms with E-state index >= 15 is 0 Å². The molecule has 106 valence electrons. The van der Waals surface area contributed by atoms with Crippen LogP contribution in [-0.4, -0.2) is 38.5 Å². The highest BCUT2D eigenvalue weighted by Crippen LogP contribution is 2.29. The normalized spacial score (nSPS) is 21.5. The summed E-state index contributed by atoms with van der Waals surface area (Å²) in [4.78, 5) is 0.0644. The molecule has 1 aromatic carbocycles. The molecule has 0 aliphatic carbocycles. The summed E-state index contributed by atoms with van der Waals surface area (Å²) in [5.41, 5.74) is 6.03. The first-order valence-electron chi connectivity index (χ1n) is 6.11. The fourth-order valence-corrected chi connectivity index (χ4v) is 4.30. The van der Waals surface area contributed by atoms with Crippen LogP contribution in [0, 0.1) is 0 Å². The van der Waals surface area contributed by atoms with Crippen molar-refractivity contribution < 1.29 is 13.2 Å². The standard InChI is InChI=1S/C12H17ClN2O3S/c1-2-10-8-18-6-5-15(10)19(16,17)12-7-9(14)3-4-11(12)13/h3-4,7,10H,2,5-6,8,14H2,1H3. The van der Waals surface area contributed by atoms with E-state index in [1.165, 1.54) is 16.4 Å². The second-order valence-electron chi connectivity index (χ2n) is 4.44. The summed E-state index contributed by atoms with van der Waals surface area (Å²) in [5, 5.41) is 0.190. The van der Waals surface area contributed by atoms with Crippen molar-refractivity contribution in [3.05, 3.63) is 23.2 Å². The minimum atomic E-state index is -3.64. The van der Waals surface area contributed by atoms with Crippen LogP contribution in [0.15, 0.2) is 23.1 Å². The lowest BCUT2D eigenvalue weighted by molar-refractivity contribution is 0.0314. The zero-order chi connectivity index (χ0) is 14.0. The lowest BCUT2D eigenvalue weighted by Crippen LogP contribution is -2.48. The molecule has 2 N–H and O–H groups in total. The quantitative estimate of drug-likeness (QED) is 0.863. The Morgan fingerprint density at radius 1 is 1.53 bits per heavy atom. The first-order valence-corrected chi connectivity index (χ1v) is 7.93. The average molecular weight is 305 g/mol. The van der Waals surface area contributed by atoms with Crippen molar-refractivity contribution in [1.82, 2.24) is 4.31 Å². The van der Waals surface area contributed by atoms with Gasteiger partial charge in [-0.3, -0.25) is 0 Å². The molecule has 7 heteroatoms. The number of morpholine rings is 1. The maximum absolute atomic E-state index is 12.7. The Bertz CT molecular complexity index is 562. The van der Waals surface area contributed by atoms with Crippen molar-refractivity contribution in [3.8, 4) is 0 Å². The Balaban J connectivity index is 2.43. The lowest BCUT2D eigenvalue weighted by Gasteiger charge is -2.34. The van der Waals surface area contributed by atoms with Crippen LogP contribution < -0.4 is 5.73 Å². The highest BCUT2D eigenvalue weighted by Gasteiger charge is 2.34. The van der Waals surface area contributed by atoms with E-state index in [1.54, 1.807) is 6.07 Å². The number of anilines is 1. The molecular weight excluding hydrogens is 288 g/mol. The van der Waals surface area contributed by atoms with Crippen molar-refractivity contribution in [1.29, 1.82) is 0 Å². The average Bonchev–Trinajstić information content (AvgIpc) is 2.41. The van der Waals surface area contributed by atoms with E-state index in [0.29, 0.717) is 31.9 Å². The van der Waals surface area contributed by atoms with E-state index in [-0.39, 0.29) is 16.0 Å². The van der Waals surface area contributed by atoms with Gasteiger partial charge in [0.05, 0.1) is 18.2 Å². The summed E-state index contributed by atoms with van der Waals surface area (Å²) in [5.74, 6) is 0. The van der Waals surface area contributed by atoms with Crippen LogP contribution in [0.5, 0.6) is 0 Å². The molecule has 0 aromatic heterocycles. The summed E-state index contributed by atoms with van der Waals surface area (Å²) < 4.78 is 32.1. The number of nitrogen functional groups attached to an aromatic ring is 1. The molecule has 19 heavy (non-hydrogen) atoms. The van der Waals surface area contributed by atoms with Gasteiger partial charge in [0.2, 0.25) is 10.0 Å². The number of nitrogens with zero attached hydrogens (tertiary/aromatic N) is 1. The zero-order valence-electron chi connectivity index (χ0n) is 10.7. The number of halogens is 1. The molecule has 0 saturated carbocycles. The van der Waals surface area contributed by atoms with Gasteiger partial charge in [-0.25, -0.2) is 8.42 Å². The van der Waals surface area contributed by atoms with Gasteiger partial charge in [0.25, 0.3) is 0 Å². The Kier molecular flexibility index (Phi) is 4.35. The Morgan fingerprint density at radius 3 is 2.95 bits per heavy atom. The number of nitrogens with two attached hydrogens (primary N) is 1. The summed E-state index contributed by atoms with van der Waals surface area (Å²) in [7, 11) is -3.64. The number of rotatable bonds is 3. The molecule has 0 radical (unpaired) electrons. The van der Waals surface area contributed by atoms with Gasteiger partial charge >= 0.3 is 0 Å². The first kappa shape index (κ1) is 14.6. The Labute approximate surface area is 118 Å². The molecule has 0 bridgehead atoms. The van der Waals surface area contributed by atoms with Crippen LogP contribution in [0.25, 0.3) is 0 Å². The van der Waals surface area contributed by atoms with Gasteiger partial charge in [-0.15, -0.1) is 0 Å². The highest BCUT2D eigenvalue weighted by atomic mass is 35.5. The Hall–Kier alpha value is -0.820. The van der Waals surface area contributed by atoms with E-state index in [4.69, 9.17) is 22.1 Å². The molecule has 1 aliphatic heterocycles. The van der Waals surface area contributed by atoms with Crippen LogP contribution >= 0.6 is 11.6 Å². The fraction of sp³-hybridized carbons (Fsp3) is 0.500. The molecule has 1 saturated heterocycles. The maximum Gasteiger partial charge on any atom is 0.245 e. The predicted octanol–water partition coefficient (Wildman–Crippen LogP) is 1.72. The van der Waals surface area contributed by atoms with Crippen molar-refractivity contribution in [2.45, 2.75) is 24.3 Å².